The molecule has 42 heavy (non-hydrogen) atoms. The topological polar surface area (TPSA) is 135 Å². The van der Waals surface area contributed by atoms with E-state index >= 15 is 0 Å². The van der Waals surface area contributed by atoms with Gasteiger partial charge in [0.2, 0.25) is 0 Å². The van der Waals surface area contributed by atoms with Gasteiger partial charge in [0.05, 0.1) is 19.4 Å². The Kier molecular flexibility index (Phi) is 13.4. The minimum absolute atomic E-state index is 0.378. The normalized spacial score (nSPS) is 10.9. The first kappa shape index (κ1) is 32.2. The van der Waals surface area contributed by atoms with Crippen molar-refractivity contribution in [3.05, 3.63) is 83.7 Å². The van der Waals surface area contributed by atoms with Gasteiger partial charge in [0.15, 0.2) is 0 Å². The molecule has 0 aliphatic heterocycles. The second-order valence-electron chi connectivity index (χ2n) is 9.50. The van der Waals surface area contributed by atoms with Gasteiger partial charge >= 0.3 is 17.8 Å². The maximum absolute atomic E-state index is 11.4. The Bertz CT molecular complexity index is 1360. The van der Waals surface area contributed by atoms with Crippen LogP contribution in [0.1, 0.15) is 55.5 Å². The van der Waals surface area contributed by atoms with Gasteiger partial charge in [0.1, 0.15) is 17.2 Å². The Hall–Kier alpha value is -4.31. The number of hydrogen-bond acceptors (Lipinski definition) is 7. The number of thioether (sulfide) groups is 1. The van der Waals surface area contributed by atoms with Crippen LogP contribution in [0.5, 0.6) is 11.5 Å². The maximum atomic E-state index is 11.4. The quantitative estimate of drug-likeness (QED) is 0.0698. The van der Waals surface area contributed by atoms with E-state index < -0.39 is 17.8 Å². The molecule has 2 aromatic carbocycles. The fourth-order valence-electron chi connectivity index (χ4n) is 4.09. The summed E-state index contributed by atoms with van der Waals surface area (Å²) in [5, 5.41) is 20.2. The van der Waals surface area contributed by atoms with E-state index in [1.165, 1.54) is 36.2 Å². The second kappa shape index (κ2) is 17.5. The smallest absolute Gasteiger partial charge is 0.394 e. The van der Waals surface area contributed by atoms with Crippen molar-refractivity contribution in [3.8, 4) is 11.5 Å². The number of aryl methyl sites for hydroxylation is 1. The van der Waals surface area contributed by atoms with Gasteiger partial charge in [0.25, 0.3) is 0 Å². The number of nitrogens with one attached hydrogen (secondary N) is 1. The van der Waals surface area contributed by atoms with Crippen molar-refractivity contribution in [2.75, 3.05) is 19.0 Å². The van der Waals surface area contributed by atoms with Gasteiger partial charge in [-0.15, -0.1) is 11.8 Å². The predicted octanol–water partition coefficient (Wildman–Crippen LogP) is 6.47. The molecule has 0 saturated heterocycles. The lowest BCUT2D eigenvalue weighted by Gasteiger charge is -2.11. The molecular formula is C32H36N2O7S. The van der Waals surface area contributed by atoms with Crippen LogP contribution in [0.25, 0.3) is 6.08 Å². The number of anilines is 1. The molecule has 10 heteroatoms. The van der Waals surface area contributed by atoms with Crippen LogP contribution in [0.15, 0.2) is 71.6 Å². The molecule has 3 N–H and O–H groups in total. The van der Waals surface area contributed by atoms with Crippen molar-refractivity contribution >= 4 is 41.4 Å². The number of aliphatic carboxylic acids is 2. The molecule has 0 saturated carbocycles. The third-order valence-corrected chi connectivity index (χ3v) is 7.30. The van der Waals surface area contributed by atoms with Gasteiger partial charge in [-0.05, 0) is 73.4 Å². The maximum Gasteiger partial charge on any atom is 0.394 e. The molecule has 0 aliphatic rings. The number of unbranched alkanes of at least 4 members (excludes halogenated alkanes) is 5. The molecule has 3 rings (SSSR count). The number of nitrogens with zero attached hydrogens (tertiary/aromatic N) is 1. The van der Waals surface area contributed by atoms with Crippen molar-refractivity contribution in [3.63, 3.8) is 0 Å². The Labute approximate surface area is 250 Å². The van der Waals surface area contributed by atoms with Crippen molar-refractivity contribution in [2.24, 2.45) is 0 Å². The van der Waals surface area contributed by atoms with Gasteiger partial charge < -0.3 is 25.0 Å². The van der Waals surface area contributed by atoms with Crippen LogP contribution in [-0.2, 0) is 26.6 Å². The molecule has 0 unspecified atom stereocenters. The molecular weight excluding hydrogens is 556 g/mol. The van der Waals surface area contributed by atoms with Gasteiger partial charge in [-0.25, -0.2) is 14.6 Å². The average Bonchev–Trinajstić information content (AvgIpc) is 2.99. The summed E-state index contributed by atoms with van der Waals surface area (Å²) in [6.07, 6.45) is 10.1. The SMILES string of the molecule is COc1ccc(CCCCCCCCOc2ccc(CSc3cccc(NC(=O)C(=O)O)c3)nc2/C=C/C(=O)O)cc1. The van der Waals surface area contributed by atoms with Crippen LogP contribution in [0.4, 0.5) is 5.69 Å². The lowest BCUT2D eigenvalue weighted by molar-refractivity contribution is -0.147. The summed E-state index contributed by atoms with van der Waals surface area (Å²) in [6.45, 7) is 0.518. The molecule has 0 bridgehead atoms. The zero-order valence-corrected chi connectivity index (χ0v) is 24.4. The van der Waals surface area contributed by atoms with E-state index in [1.54, 1.807) is 31.4 Å². The van der Waals surface area contributed by atoms with E-state index in [9.17, 15) is 14.4 Å². The summed E-state index contributed by atoms with van der Waals surface area (Å²) in [7, 11) is 1.67. The van der Waals surface area contributed by atoms with E-state index in [-0.39, 0.29) is 0 Å². The summed E-state index contributed by atoms with van der Waals surface area (Å²) in [6, 6.07) is 18.7. The number of hydrogen-bond donors (Lipinski definition) is 3. The lowest BCUT2D eigenvalue weighted by Crippen LogP contribution is -2.21. The summed E-state index contributed by atoms with van der Waals surface area (Å²) in [5.74, 6) is -1.86. The molecule has 1 amide bonds. The van der Waals surface area contributed by atoms with E-state index in [0.29, 0.717) is 35.2 Å². The van der Waals surface area contributed by atoms with Gasteiger partial charge in [-0.3, -0.25) is 4.79 Å². The van der Waals surface area contributed by atoms with Crippen LogP contribution >= 0.6 is 11.8 Å². The first-order chi connectivity index (χ1) is 20.3. The highest BCUT2D eigenvalue weighted by molar-refractivity contribution is 7.98. The molecule has 9 nitrogen and oxygen atoms in total. The van der Waals surface area contributed by atoms with Crippen LogP contribution in [0.2, 0.25) is 0 Å². The third-order valence-electron chi connectivity index (χ3n) is 6.28. The predicted molar refractivity (Wildman–Crippen MR) is 163 cm³/mol. The summed E-state index contributed by atoms with van der Waals surface area (Å²) in [5.41, 5.74) is 2.86. The highest BCUT2D eigenvalue weighted by Crippen LogP contribution is 2.27. The number of amides is 1. The number of ether oxygens (including phenoxy) is 2. The molecule has 0 radical (unpaired) electrons. The Balaban J connectivity index is 1.43. The Morgan fingerprint density at radius 2 is 1.67 bits per heavy atom. The number of methoxy groups -OCH3 is 1. The molecule has 3 aromatic rings. The van der Waals surface area contributed by atoms with Crippen molar-refractivity contribution in [2.45, 2.75) is 55.6 Å². The standard InChI is InChI=1S/C32H36N2O7S/c1-40-26-15-12-23(13-16-26)9-6-4-2-3-5-7-20-41-29-18-14-25(33-28(29)17-19-30(35)36)22-42-27-11-8-10-24(21-27)34-31(37)32(38)39/h8,10-19,21H,2-7,9,20,22H2,1H3,(H,34,37)(H,35,36)(H,38,39)/b19-17+. The minimum atomic E-state index is -1.56. The fraction of sp³-hybridized carbons (Fsp3) is 0.312. The zero-order chi connectivity index (χ0) is 30.2. The summed E-state index contributed by atoms with van der Waals surface area (Å²) in [4.78, 5) is 38.7. The number of aromatic nitrogens is 1. The van der Waals surface area contributed by atoms with E-state index in [2.05, 4.69) is 22.4 Å². The van der Waals surface area contributed by atoms with Crippen LogP contribution in [0, 0.1) is 0 Å². The molecule has 222 valence electrons. The molecule has 1 heterocycles. The zero-order valence-electron chi connectivity index (χ0n) is 23.6. The van der Waals surface area contributed by atoms with Gasteiger partial charge in [-0.2, -0.15) is 0 Å². The lowest BCUT2D eigenvalue weighted by atomic mass is 10.0. The molecule has 0 aliphatic carbocycles. The van der Waals surface area contributed by atoms with Crippen molar-refractivity contribution < 1.29 is 34.1 Å². The summed E-state index contributed by atoms with van der Waals surface area (Å²) < 4.78 is 11.2. The van der Waals surface area contributed by atoms with E-state index in [1.807, 2.05) is 24.3 Å². The third kappa shape index (κ3) is 11.7. The average molecular weight is 593 g/mol. The number of carbonyl (C=O) groups is 3. The van der Waals surface area contributed by atoms with Crippen LogP contribution in [0.3, 0.4) is 0 Å². The number of benzene rings is 2. The van der Waals surface area contributed by atoms with E-state index in [0.717, 1.165) is 48.8 Å². The second-order valence-corrected chi connectivity index (χ2v) is 10.5. The summed E-state index contributed by atoms with van der Waals surface area (Å²) >= 11 is 1.45. The van der Waals surface area contributed by atoms with Crippen LogP contribution < -0.4 is 14.8 Å². The highest BCUT2D eigenvalue weighted by Gasteiger charge is 2.12. The van der Waals surface area contributed by atoms with Gasteiger partial charge in [0, 0.05) is 22.4 Å². The first-order valence-corrected chi connectivity index (χ1v) is 14.8. The first-order valence-electron chi connectivity index (χ1n) is 13.8. The highest BCUT2D eigenvalue weighted by atomic mass is 32.2. The minimum Gasteiger partial charge on any atom is -0.497 e. The largest absolute Gasteiger partial charge is 0.497 e. The molecule has 0 atom stereocenters. The van der Waals surface area contributed by atoms with Gasteiger partial charge in [-0.1, -0.05) is 43.9 Å². The molecule has 1 aromatic heterocycles. The van der Waals surface area contributed by atoms with Crippen molar-refractivity contribution in [1.82, 2.24) is 4.98 Å². The number of rotatable bonds is 17. The Morgan fingerprint density at radius 1 is 0.929 bits per heavy atom. The van der Waals surface area contributed by atoms with Crippen LogP contribution in [-0.4, -0.2) is 46.8 Å². The Morgan fingerprint density at radius 3 is 2.38 bits per heavy atom. The number of carbonyl (C=O) groups excluding carboxylic acids is 1. The monoisotopic (exact) mass is 592 g/mol. The number of carboxylic acid groups (broad SMARTS) is 2. The molecule has 0 fully saturated rings. The van der Waals surface area contributed by atoms with E-state index in [4.69, 9.17) is 19.7 Å². The number of pyridine rings is 1. The molecule has 0 spiro atoms. The fourth-order valence-corrected chi connectivity index (χ4v) is 4.95. The number of carboxylic acids is 2. The van der Waals surface area contributed by atoms with Crippen molar-refractivity contribution in [1.29, 1.82) is 0 Å².